The molecule has 0 saturated heterocycles. The number of benzene rings is 2. The smallest absolute Gasteiger partial charge is 0.231 e. The third-order valence-electron chi connectivity index (χ3n) is 3.91. The highest BCUT2D eigenvalue weighted by atomic mass is 16.7. The average Bonchev–Trinajstić information content (AvgIpc) is 3.01. The maximum absolute atomic E-state index is 5.44. The molecule has 1 atom stereocenters. The summed E-state index contributed by atoms with van der Waals surface area (Å²) in [6, 6.07) is 14.6. The van der Waals surface area contributed by atoms with Crippen molar-refractivity contribution in [2.45, 2.75) is 26.1 Å². The highest BCUT2D eigenvalue weighted by molar-refractivity contribution is 5.45. The summed E-state index contributed by atoms with van der Waals surface area (Å²) in [4.78, 5) is 0. The van der Waals surface area contributed by atoms with E-state index in [1.54, 1.807) is 7.11 Å². The summed E-state index contributed by atoms with van der Waals surface area (Å²) in [6.45, 7) is 3.90. The molecule has 1 aliphatic heterocycles. The van der Waals surface area contributed by atoms with Gasteiger partial charge in [-0.3, -0.25) is 0 Å². The Morgan fingerprint density at radius 1 is 1.09 bits per heavy atom. The summed E-state index contributed by atoms with van der Waals surface area (Å²) in [7, 11) is 1.72. The van der Waals surface area contributed by atoms with E-state index in [4.69, 9.17) is 14.2 Å². The molecule has 1 unspecified atom stereocenters. The Balaban J connectivity index is 1.66. The summed E-state index contributed by atoms with van der Waals surface area (Å²) >= 11 is 0. The topological polar surface area (TPSA) is 39.7 Å². The zero-order chi connectivity index (χ0) is 15.4. The Labute approximate surface area is 131 Å². The minimum atomic E-state index is 0.227. The standard InChI is InChI=1S/C18H21NO3/c1-13(14-7-8-17-18(9-14)22-12-21-17)19-10-15-5-3-4-6-16(15)11-20-2/h3-9,13,19H,10-12H2,1-2H3. The summed E-state index contributed by atoms with van der Waals surface area (Å²) < 4.78 is 16.0. The molecule has 3 rings (SSSR count). The van der Waals surface area contributed by atoms with Crippen LogP contribution in [0.2, 0.25) is 0 Å². The molecule has 22 heavy (non-hydrogen) atoms. The minimum Gasteiger partial charge on any atom is -0.454 e. The predicted octanol–water partition coefficient (Wildman–Crippen LogP) is 3.41. The van der Waals surface area contributed by atoms with Gasteiger partial charge in [0.15, 0.2) is 11.5 Å². The fourth-order valence-electron chi connectivity index (χ4n) is 2.59. The summed E-state index contributed by atoms with van der Waals surface area (Å²) in [5.41, 5.74) is 3.67. The molecule has 4 heteroatoms. The lowest BCUT2D eigenvalue weighted by molar-refractivity contribution is 0.174. The summed E-state index contributed by atoms with van der Waals surface area (Å²) in [5, 5.41) is 3.55. The molecular weight excluding hydrogens is 278 g/mol. The lowest BCUT2D eigenvalue weighted by Gasteiger charge is -2.16. The molecule has 0 aliphatic carbocycles. The highest BCUT2D eigenvalue weighted by Crippen LogP contribution is 2.34. The van der Waals surface area contributed by atoms with Crippen LogP contribution in [0.15, 0.2) is 42.5 Å². The van der Waals surface area contributed by atoms with E-state index in [1.807, 2.05) is 18.2 Å². The number of methoxy groups -OCH3 is 1. The van der Waals surface area contributed by atoms with Crippen LogP contribution in [0.4, 0.5) is 0 Å². The molecule has 2 aromatic rings. The maximum Gasteiger partial charge on any atom is 0.231 e. The van der Waals surface area contributed by atoms with Crippen LogP contribution in [0.5, 0.6) is 11.5 Å². The molecule has 1 N–H and O–H groups in total. The van der Waals surface area contributed by atoms with E-state index in [1.165, 1.54) is 16.7 Å². The second-order valence-corrected chi connectivity index (χ2v) is 5.42. The molecule has 0 fully saturated rings. The number of hydrogen-bond acceptors (Lipinski definition) is 4. The predicted molar refractivity (Wildman–Crippen MR) is 85.0 cm³/mol. The van der Waals surface area contributed by atoms with E-state index in [9.17, 15) is 0 Å². The van der Waals surface area contributed by atoms with Crippen LogP contribution in [0.3, 0.4) is 0 Å². The van der Waals surface area contributed by atoms with Crippen LogP contribution < -0.4 is 14.8 Å². The molecule has 4 nitrogen and oxygen atoms in total. The Kier molecular flexibility index (Phi) is 4.61. The molecule has 1 aliphatic rings. The van der Waals surface area contributed by atoms with Crippen molar-refractivity contribution in [1.82, 2.24) is 5.32 Å². The number of fused-ring (bicyclic) bond motifs is 1. The monoisotopic (exact) mass is 299 g/mol. The van der Waals surface area contributed by atoms with Crippen molar-refractivity contribution in [3.63, 3.8) is 0 Å². The molecule has 0 radical (unpaired) electrons. The zero-order valence-corrected chi connectivity index (χ0v) is 13.0. The minimum absolute atomic E-state index is 0.227. The lowest BCUT2D eigenvalue weighted by atomic mass is 10.1. The van der Waals surface area contributed by atoms with Gasteiger partial charge in [-0.25, -0.2) is 0 Å². The first kappa shape index (κ1) is 14.9. The van der Waals surface area contributed by atoms with Crippen LogP contribution in [0.25, 0.3) is 0 Å². The number of rotatable bonds is 6. The molecular formula is C18H21NO3. The van der Waals surface area contributed by atoms with Crippen LogP contribution in [-0.2, 0) is 17.9 Å². The van der Waals surface area contributed by atoms with E-state index in [0.717, 1.165) is 18.0 Å². The van der Waals surface area contributed by atoms with Gasteiger partial charge >= 0.3 is 0 Å². The second-order valence-electron chi connectivity index (χ2n) is 5.42. The van der Waals surface area contributed by atoms with Gasteiger partial charge in [0.1, 0.15) is 0 Å². The van der Waals surface area contributed by atoms with Gasteiger partial charge in [0.25, 0.3) is 0 Å². The van der Waals surface area contributed by atoms with Gasteiger partial charge in [-0.2, -0.15) is 0 Å². The van der Waals surface area contributed by atoms with Gasteiger partial charge < -0.3 is 19.5 Å². The molecule has 0 bridgehead atoms. The molecule has 0 spiro atoms. The molecule has 1 heterocycles. The van der Waals surface area contributed by atoms with Crippen molar-refractivity contribution < 1.29 is 14.2 Å². The fraction of sp³-hybridized carbons (Fsp3) is 0.333. The van der Waals surface area contributed by atoms with Crippen LogP contribution in [0.1, 0.15) is 29.7 Å². The normalized spacial score (nSPS) is 14.1. The first-order chi connectivity index (χ1) is 10.8. The number of hydrogen-bond donors (Lipinski definition) is 1. The Bertz CT molecular complexity index is 642. The van der Waals surface area contributed by atoms with E-state index >= 15 is 0 Å². The molecule has 2 aromatic carbocycles. The quantitative estimate of drug-likeness (QED) is 0.887. The van der Waals surface area contributed by atoms with Gasteiger partial charge in [0, 0.05) is 19.7 Å². The number of nitrogens with one attached hydrogen (secondary N) is 1. The lowest BCUT2D eigenvalue weighted by Crippen LogP contribution is -2.19. The van der Waals surface area contributed by atoms with Crippen LogP contribution >= 0.6 is 0 Å². The highest BCUT2D eigenvalue weighted by Gasteiger charge is 2.15. The van der Waals surface area contributed by atoms with E-state index in [2.05, 4.69) is 36.5 Å². The van der Waals surface area contributed by atoms with Crippen molar-refractivity contribution in [1.29, 1.82) is 0 Å². The Morgan fingerprint density at radius 3 is 2.68 bits per heavy atom. The van der Waals surface area contributed by atoms with Gasteiger partial charge in [-0.05, 0) is 35.7 Å². The van der Waals surface area contributed by atoms with Crippen molar-refractivity contribution >= 4 is 0 Å². The third kappa shape index (κ3) is 3.24. The second kappa shape index (κ2) is 6.81. The first-order valence-corrected chi connectivity index (χ1v) is 7.46. The molecule has 0 amide bonds. The third-order valence-corrected chi connectivity index (χ3v) is 3.91. The Morgan fingerprint density at radius 2 is 1.86 bits per heavy atom. The SMILES string of the molecule is COCc1ccccc1CNC(C)c1ccc2c(c1)OCO2. The van der Waals surface area contributed by atoms with Gasteiger partial charge in [0.05, 0.1) is 6.61 Å². The van der Waals surface area contributed by atoms with Crippen LogP contribution in [-0.4, -0.2) is 13.9 Å². The molecule has 0 saturated carbocycles. The molecule has 0 aromatic heterocycles. The van der Waals surface area contributed by atoms with E-state index < -0.39 is 0 Å². The van der Waals surface area contributed by atoms with Crippen molar-refractivity contribution in [3.05, 3.63) is 59.2 Å². The van der Waals surface area contributed by atoms with Gasteiger partial charge in [-0.1, -0.05) is 30.3 Å². The summed E-state index contributed by atoms with van der Waals surface area (Å²) in [6.07, 6.45) is 0. The first-order valence-electron chi connectivity index (χ1n) is 7.46. The zero-order valence-electron chi connectivity index (χ0n) is 13.0. The van der Waals surface area contributed by atoms with Crippen molar-refractivity contribution in [2.24, 2.45) is 0 Å². The largest absolute Gasteiger partial charge is 0.454 e. The fourth-order valence-corrected chi connectivity index (χ4v) is 2.59. The summed E-state index contributed by atoms with van der Waals surface area (Å²) in [5.74, 6) is 1.65. The molecule has 116 valence electrons. The average molecular weight is 299 g/mol. The van der Waals surface area contributed by atoms with Gasteiger partial charge in [0.2, 0.25) is 6.79 Å². The van der Waals surface area contributed by atoms with Crippen molar-refractivity contribution in [3.8, 4) is 11.5 Å². The van der Waals surface area contributed by atoms with E-state index in [0.29, 0.717) is 13.4 Å². The van der Waals surface area contributed by atoms with E-state index in [-0.39, 0.29) is 6.04 Å². The Hall–Kier alpha value is -2.04. The van der Waals surface area contributed by atoms with Crippen molar-refractivity contribution in [2.75, 3.05) is 13.9 Å². The number of ether oxygens (including phenoxy) is 3. The van der Waals surface area contributed by atoms with Crippen LogP contribution in [0, 0.1) is 0 Å². The maximum atomic E-state index is 5.44. The van der Waals surface area contributed by atoms with Gasteiger partial charge in [-0.15, -0.1) is 0 Å².